The summed E-state index contributed by atoms with van der Waals surface area (Å²) in [4.78, 5) is 4.64. The second-order valence-corrected chi connectivity index (χ2v) is 6.90. The molecule has 4 nitrogen and oxygen atoms in total. The molecule has 1 aromatic heterocycles. The van der Waals surface area contributed by atoms with E-state index in [2.05, 4.69) is 15.2 Å². The maximum atomic E-state index is 6.05. The van der Waals surface area contributed by atoms with Crippen molar-refractivity contribution in [3.8, 4) is 11.4 Å². The van der Waals surface area contributed by atoms with E-state index in [0.29, 0.717) is 15.9 Å². The summed E-state index contributed by atoms with van der Waals surface area (Å²) in [7, 11) is 0. The number of nitrogens with zero attached hydrogens (tertiary/aromatic N) is 3. The molecule has 0 saturated carbocycles. The first-order chi connectivity index (χ1) is 9.71. The van der Waals surface area contributed by atoms with Gasteiger partial charge in [-0.3, -0.25) is 0 Å². The Morgan fingerprint density at radius 3 is 2.24 bits per heavy atom. The minimum Gasteiger partial charge on any atom is -0.357 e. The molecule has 2 heterocycles. The summed E-state index contributed by atoms with van der Waals surface area (Å²) < 4.78 is 6.03. The van der Waals surface area contributed by atoms with Crippen molar-refractivity contribution < 1.29 is 4.74 Å². The van der Waals surface area contributed by atoms with Crippen LogP contribution in [0.2, 0.25) is 10.0 Å². The Morgan fingerprint density at radius 2 is 1.57 bits per heavy atom. The van der Waals surface area contributed by atoms with Gasteiger partial charge in [0.15, 0.2) is 5.82 Å². The van der Waals surface area contributed by atoms with E-state index in [9.17, 15) is 0 Å². The van der Waals surface area contributed by atoms with Gasteiger partial charge in [-0.05, 0) is 45.9 Å². The first-order valence-electron chi connectivity index (χ1n) is 6.62. The predicted molar refractivity (Wildman–Crippen MR) is 82.4 cm³/mol. The van der Waals surface area contributed by atoms with Gasteiger partial charge in [0.05, 0.1) is 10.0 Å². The highest BCUT2D eigenvalue weighted by Crippen LogP contribution is 2.44. The summed E-state index contributed by atoms with van der Waals surface area (Å²) in [5.74, 6) is 0.515. The molecule has 0 amide bonds. The van der Waals surface area contributed by atoms with Crippen LogP contribution in [0.25, 0.3) is 11.4 Å². The highest BCUT2D eigenvalue weighted by atomic mass is 35.5. The van der Waals surface area contributed by atoms with Crippen LogP contribution in [0.4, 0.5) is 0 Å². The van der Waals surface area contributed by atoms with Gasteiger partial charge in [-0.25, -0.2) is 4.98 Å². The molecule has 0 unspecified atom stereocenters. The molecule has 3 rings (SSSR count). The summed E-state index contributed by atoms with van der Waals surface area (Å²) in [6.07, 6.45) is 0. The Labute approximate surface area is 133 Å². The molecule has 0 fully saturated rings. The average molecular weight is 324 g/mol. The molecular formula is C15H15Cl2N3O. The number of aromatic nitrogens is 3. The molecule has 0 atom stereocenters. The second kappa shape index (κ2) is 4.63. The van der Waals surface area contributed by atoms with Crippen LogP contribution in [0, 0.1) is 0 Å². The van der Waals surface area contributed by atoms with Gasteiger partial charge in [0.2, 0.25) is 0 Å². The third kappa shape index (κ3) is 2.41. The van der Waals surface area contributed by atoms with E-state index < -0.39 is 11.2 Å². The fourth-order valence-corrected chi connectivity index (χ4v) is 2.94. The molecule has 0 radical (unpaired) electrons. The van der Waals surface area contributed by atoms with E-state index in [1.807, 2.05) is 33.8 Å². The Hall–Kier alpha value is -1.23. The highest BCUT2D eigenvalue weighted by Gasteiger charge is 2.46. The van der Waals surface area contributed by atoms with Crippen molar-refractivity contribution in [1.82, 2.24) is 15.2 Å². The first-order valence-corrected chi connectivity index (χ1v) is 7.37. The molecule has 1 aliphatic rings. The lowest BCUT2D eigenvalue weighted by Crippen LogP contribution is -2.23. The van der Waals surface area contributed by atoms with Crippen molar-refractivity contribution in [3.63, 3.8) is 0 Å². The summed E-state index contributed by atoms with van der Waals surface area (Å²) in [5, 5.41) is 9.50. The van der Waals surface area contributed by atoms with Crippen LogP contribution in [0.1, 0.15) is 39.1 Å². The van der Waals surface area contributed by atoms with Crippen LogP contribution in [0.3, 0.4) is 0 Å². The van der Waals surface area contributed by atoms with E-state index in [1.165, 1.54) is 0 Å². The van der Waals surface area contributed by atoms with E-state index in [1.54, 1.807) is 12.1 Å². The van der Waals surface area contributed by atoms with Crippen molar-refractivity contribution in [2.45, 2.75) is 38.9 Å². The molecule has 0 bridgehead atoms. The molecule has 1 aromatic carbocycles. The summed E-state index contributed by atoms with van der Waals surface area (Å²) in [6.45, 7) is 7.90. The van der Waals surface area contributed by atoms with Gasteiger partial charge in [-0.15, -0.1) is 10.2 Å². The Balaban J connectivity index is 2.14. The van der Waals surface area contributed by atoms with Crippen molar-refractivity contribution in [3.05, 3.63) is 39.6 Å². The van der Waals surface area contributed by atoms with Crippen molar-refractivity contribution in [2.24, 2.45) is 0 Å². The Morgan fingerprint density at radius 1 is 0.905 bits per heavy atom. The van der Waals surface area contributed by atoms with Gasteiger partial charge < -0.3 is 4.74 Å². The van der Waals surface area contributed by atoms with Crippen LogP contribution in [0.15, 0.2) is 18.2 Å². The van der Waals surface area contributed by atoms with Crippen LogP contribution >= 0.6 is 23.2 Å². The lowest BCUT2D eigenvalue weighted by atomic mass is 10.0. The van der Waals surface area contributed by atoms with Gasteiger partial charge in [0, 0.05) is 5.56 Å². The number of fused-ring (bicyclic) bond motifs is 1. The Kier molecular flexibility index (Phi) is 3.24. The third-order valence-electron chi connectivity index (χ3n) is 3.52. The fourth-order valence-electron chi connectivity index (χ4n) is 2.64. The van der Waals surface area contributed by atoms with E-state index >= 15 is 0 Å². The largest absolute Gasteiger partial charge is 0.357 e. The minimum absolute atomic E-state index is 0.467. The average Bonchev–Trinajstić information content (AvgIpc) is 2.58. The fraction of sp³-hybridized carbons (Fsp3) is 0.400. The molecule has 2 aromatic rings. The smallest absolute Gasteiger partial charge is 0.182 e. The van der Waals surface area contributed by atoms with Gasteiger partial charge >= 0.3 is 0 Å². The number of ether oxygens (including phenoxy) is 1. The lowest BCUT2D eigenvalue weighted by molar-refractivity contribution is -0.107. The van der Waals surface area contributed by atoms with Gasteiger partial charge in [0.25, 0.3) is 0 Å². The maximum Gasteiger partial charge on any atom is 0.182 e. The standard InChI is InChI=1S/C15H15Cl2N3O/c1-14(2)11-12(15(3,4)21-14)19-20-13(18-11)8-5-6-9(16)10(17)7-8/h5-7H,1-4H3. The molecule has 110 valence electrons. The van der Waals surface area contributed by atoms with Gasteiger partial charge in [-0.2, -0.15) is 0 Å². The molecule has 0 N–H and O–H groups in total. The predicted octanol–water partition coefficient (Wildman–Crippen LogP) is 4.35. The Bertz CT molecular complexity index is 729. The normalized spacial score (nSPS) is 18.6. The van der Waals surface area contributed by atoms with Crippen molar-refractivity contribution >= 4 is 23.2 Å². The highest BCUT2D eigenvalue weighted by molar-refractivity contribution is 6.42. The summed E-state index contributed by atoms with van der Waals surface area (Å²) in [6, 6.07) is 5.29. The molecule has 6 heteroatoms. The van der Waals surface area contributed by atoms with Crippen LogP contribution in [-0.2, 0) is 15.9 Å². The summed E-state index contributed by atoms with van der Waals surface area (Å²) >= 11 is 12.0. The second-order valence-electron chi connectivity index (χ2n) is 6.08. The van der Waals surface area contributed by atoms with E-state index in [0.717, 1.165) is 17.0 Å². The molecule has 1 aliphatic heterocycles. The van der Waals surface area contributed by atoms with Crippen molar-refractivity contribution in [1.29, 1.82) is 0 Å². The zero-order chi connectivity index (χ0) is 15.4. The van der Waals surface area contributed by atoms with E-state index in [4.69, 9.17) is 27.9 Å². The number of hydrogen-bond donors (Lipinski definition) is 0. The number of halogens is 2. The molecule has 21 heavy (non-hydrogen) atoms. The van der Waals surface area contributed by atoms with Crippen LogP contribution < -0.4 is 0 Å². The lowest BCUT2D eigenvalue weighted by Gasteiger charge is -2.23. The van der Waals surface area contributed by atoms with Crippen LogP contribution in [-0.4, -0.2) is 15.2 Å². The molecule has 0 spiro atoms. The quantitative estimate of drug-likeness (QED) is 0.782. The monoisotopic (exact) mass is 323 g/mol. The third-order valence-corrected chi connectivity index (χ3v) is 4.25. The van der Waals surface area contributed by atoms with Gasteiger partial charge in [0.1, 0.15) is 22.6 Å². The molecule has 0 aliphatic carbocycles. The minimum atomic E-state index is -0.500. The SMILES string of the molecule is CC1(C)OC(C)(C)c2nc(-c3ccc(Cl)c(Cl)c3)nnc21. The van der Waals surface area contributed by atoms with Crippen LogP contribution in [0.5, 0.6) is 0 Å². The zero-order valence-corrected chi connectivity index (χ0v) is 13.7. The first kappa shape index (κ1) is 14.7. The molecular weight excluding hydrogens is 309 g/mol. The number of hydrogen-bond acceptors (Lipinski definition) is 4. The zero-order valence-electron chi connectivity index (χ0n) is 12.2. The van der Waals surface area contributed by atoms with E-state index in [-0.39, 0.29) is 0 Å². The molecule has 0 saturated heterocycles. The number of rotatable bonds is 1. The van der Waals surface area contributed by atoms with Gasteiger partial charge in [-0.1, -0.05) is 23.2 Å². The topological polar surface area (TPSA) is 47.9 Å². The van der Waals surface area contributed by atoms with Crippen molar-refractivity contribution in [2.75, 3.05) is 0 Å². The number of benzene rings is 1. The summed E-state index contributed by atoms with van der Waals surface area (Å²) in [5.41, 5.74) is 1.37. The maximum absolute atomic E-state index is 6.05.